The molecule has 0 bridgehead atoms. The molecular formula is C21H21F3N6O2. The molecule has 8 nitrogen and oxygen atoms in total. The summed E-state index contributed by atoms with van der Waals surface area (Å²) < 4.78 is 44.4. The Hall–Kier alpha value is -3.76. The SMILES string of the molecule is CC(C)(C)OC(=O)Nc1nc(NCc2ccccc2)nc(-c2cccc(C(F)(F)F)n2)n1. The largest absolute Gasteiger partial charge is 0.444 e. The van der Waals surface area contributed by atoms with Crippen LogP contribution in [0.2, 0.25) is 0 Å². The molecule has 2 heterocycles. The van der Waals surface area contributed by atoms with Crippen LogP contribution in [0.5, 0.6) is 0 Å². The Morgan fingerprint density at radius 1 is 0.906 bits per heavy atom. The second kappa shape index (κ2) is 9.16. The van der Waals surface area contributed by atoms with E-state index >= 15 is 0 Å². The Balaban J connectivity index is 1.93. The highest BCUT2D eigenvalue weighted by atomic mass is 19.4. The number of nitrogens with one attached hydrogen (secondary N) is 2. The smallest absolute Gasteiger partial charge is 0.433 e. The second-order valence-electron chi connectivity index (χ2n) is 7.68. The van der Waals surface area contributed by atoms with Crippen molar-refractivity contribution in [2.75, 3.05) is 10.6 Å². The van der Waals surface area contributed by atoms with E-state index in [0.29, 0.717) is 6.54 Å². The van der Waals surface area contributed by atoms with E-state index in [1.165, 1.54) is 12.1 Å². The number of anilines is 2. The summed E-state index contributed by atoms with van der Waals surface area (Å²) in [5.74, 6) is -0.295. The molecule has 0 spiro atoms. The van der Waals surface area contributed by atoms with E-state index in [1.54, 1.807) is 20.8 Å². The van der Waals surface area contributed by atoms with Crippen molar-refractivity contribution in [2.45, 2.75) is 39.1 Å². The molecular weight excluding hydrogens is 425 g/mol. The number of benzene rings is 1. The minimum absolute atomic E-state index is 0.0455. The molecule has 3 aromatic rings. The molecule has 0 radical (unpaired) electrons. The van der Waals surface area contributed by atoms with Gasteiger partial charge in [-0.15, -0.1) is 0 Å². The van der Waals surface area contributed by atoms with Gasteiger partial charge in [0.2, 0.25) is 11.9 Å². The third-order valence-corrected chi connectivity index (χ3v) is 3.81. The van der Waals surface area contributed by atoms with E-state index in [2.05, 4.69) is 30.6 Å². The number of alkyl halides is 3. The molecule has 0 aliphatic heterocycles. The number of nitrogens with zero attached hydrogens (tertiary/aromatic N) is 4. The van der Waals surface area contributed by atoms with Gasteiger partial charge in [-0.1, -0.05) is 36.4 Å². The standard InChI is InChI=1S/C21H21F3N6O2/c1-20(2,3)32-19(31)30-18-28-16(14-10-7-11-15(26-14)21(22,23)24)27-17(29-18)25-12-13-8-5-4-6-9-13/h4-11H,12H2,1-3H3,(H2,25,27,28,29,30,31). The Labute approximate surface area is 182 Å². The summed E-state index contributed by atoms with van der Waals surface area (Å²) in [6.07, 6.45) is -5.45. The summed E-state index contributed by atoms with van der Waals surface area (Å²) in [5, 5.41) is 5.35. The molecule has 1 aromatic carbocycles. The van der Waals surface area contributed by atoms with E-state index in [1.807, 2.05) is 30.3 Å². The molecule has 0 aliphatic carbocycles. The normalized spacial score (nSPS) is 11.7. The van der Waals surface area contributed by atoms with Crippen molar-refractivity contribution in [3.05, 3.63) is 59.8 Å². The lowest BCUT2D eigenvalue weighted by Crippen LogP contribution is -2.28. The van der Waals surface area contributed by atoms with Crippen LogP contribution in [0.3, 0.4) is 0 Å². The Bertz CT molecular complexity index is 1080. The molecule has 32 heavy (non-hydrogen) atoms. The monoisotopic (exact) mass is 446 g/mol. The Morgan fingerprint density at radius 3 is 2.25 bits per heavy atom. The zero-order valence-corrected chi connectivity index (χ0v) is 17.6. The van der Waals surface area contributed by atoms with Crippen molar-refractivity contribution in [1.82, 2.24) is 19.9 Å². The maximum atomic E-state index is 13.1. The average molecular weight is 446 g/mol. The van der Waals surface area contributed by atoms with Crippen molar-refractivity contribution in [1.29, 1.82) is 0 Å². The summed E-state index contributed by atoms with van der Waals surface area (Å²) in [5.41, 5.74) is -1.06. The number of rotatable bonds is 5. The fourth-order valence-corrected chi connectivity index (χ4v) is 2.51. The zero-order valence-electron chi connectivity index (χ0n) is 17.6. The topological polar surface area (TPSA) is 102 Å². The minimum Gasteiger partial charge on any atom is -0.444 e. The number of pyridine rings is 1. The third-order valence-electron chi connectivity index (χ3n) is 3.81. The van der Waals surface area contributed by atoms with Crippen molar-refractivity contribution in [3.63, 3.8) is 0 Å². The van der Waals surface area contributed by atoms with Crippen LogP contribution in [0.25, 0.3) is 11.5 Å². The van der Waals surface area contributed by atoms with Crippen LogP contribution in [0.1, 0.15) is 32.0 Å². The number of aromatic nitrogens is 4. The van der Waals surface area contributed by atoms with Gasteiger partial charge < -0.3 is 10.1 Å². The molecule has 11 heteroatoms. The fraction of sp³-hybridized carbons (Fsp3) is 0.286. The van der Waals surface area contributed by atoms with Gasteiger partial charge in [-0.3, -0.25) is 5.32 Å². The highest BCUT2D eigenvalue weighted by molar-refractivity contribution is 5.83. The van der Waals surface area contributed by atoms with Crippen LogP contribution in [0.15, 0.2) is 48.5 Å². The first-order chi connectivity index (χ1) is 15.0. The highest BCUT2D eigenvalue weighted by Crippen LogP contribution is 2.29. The average Bonchev–Trinajstić information content (AvgIpc) is 2.71. The number of amides is 1. The molecule has 0 aliphatic rings. The van der Waals surface area contributed by atoms with Crippen LogP contribution >= 0.6 is 0 Å². The summed E-state index contributed by atoms with van der Waals surface area (Å²) in [4.78, 5) is 28.1. The summed E-state index contributed by atoms with van der Waals surface area (Å²) in [6, 6.07) is 12.7. The number of ether oxygens (including phenoxy) is 1. The third kappa shape index (κ3) is 6.62. The van der Waals surface area contributed by atoms with E-state index in [-0.39, 0.29) is 23.4 Å². The predicted molar refractivity (Wildman–Crippen MR) is 112 cm³/mol. The van der Waals surface area contributed by atoms with Gasteiger partial charge in [-0.25, -0.2) is 9.78 Å². The second-order valence-corrected chi connectivity index (χ2v) is 7.68. The number of hydrogen-bond donors (Lipinski definition) is 2. The first-order valence-electron chi connectivity index (χ1n) is 9.58. The van der Waals surface area contributed by atoms with Crippen LogP contribution in [0, 0.1) is 0 Å². The van der Waals surface area contributed by atoms with Crippen LogP contribution < -0.4 is 10.6 Å². The van der Waals surface area contributed by atoms with Gasteiger partial charge in [0, 0.05) is 6.54 Å². The quantitative estimate of drug-likeness (QED) is 0.574. The maximum absolute atomic E-state index is 13.1. The van der Waals surface area contributed by atoms with E-state index < -0.39 is 23.6 Å². The number of halogens is 3. The molecule has 3 rings (SSSR count). The van der Waals surface area contributed by atoms with Crippen molar-refractivity contribution < 1.29 is 22.7 Å². The van der Waals surface area contributed by atoms with Crippen LogP contribution in [-0.4, -0.2) is 31.6 Å². The Morgan fingerprint density at radius 2 is 1.59 bits per heavy atom. The zero-order chi connectivity index (χ0) is 23.4. The molecule has 1 amide bonds. The number of hydrogen-bond acceptors (Lipinski definition) is 7. The van der Waals surface area contributed by atoms with Gasteiger partial charge in [0.25, 0.3) is 0 Å². The van der Waals surface area contributed by atoms with E-state index in [4.69, 9.17) is 4.74 Å². The summed E-state index contributed by atoms with van der Waals surface area (Å²) in [6.45, 7) is 5.40. The van der Waals surface area contributed by atoms with E-state index in [9.17, 15) is 18.0 Å². The molecule has 0 saturated carbocycles. The predicted octanol–water partition coefficient (Wildman–Crippen LogP) is 4.91. The van der Waals surface area contributed by atoms with Gasteiger partial charge in [0.1, 0.15) is 17.0 Å². The molecule has 2 N–H and O–H groups in total. The van der Waals surface area contributed by atoms with E-state index in [0.717, 1.165) is 11.6 Å². The van der Waals surface area contributed by atoms with Gasteiger partial charge in [0.05, 0.1) is 0 Å². The Kier molecular flexibility index (Phi) is 6.56. The molecule has 2 aromatic heterocycles. The van der Waals surface area contributed by atoms with Gasteiger partial charge >= 0.3 is 12.3 Å². The highest BCUT2D eigenvalue weighted by Gasteiger charge is 2.32. The minimum atomic E-state index is -4.63. The number of carbonyl (C=O) groups excluding carboxylic acids is 1. The number of carbonyl (C=O) groups is 1. The first-order valence-corrected chi connectivity index (χ1v) is 9.58. The fourth-order valence-electron chi connectivity index (χ4n) is 2.51. The lowest BCUT2D eigenvalue weighted by Gasteiger charge is -2.19. The van der Waals surface area contributed by atoms with Gasteiger partial charge in [0.15, 0.2) is 5.82 Å². The summed E-state index contributed by atoms with van der Waals surface area (Å²) >= 11 is 0. The van der Waals surface area contributed by atoms with Gasteiger partial charge in [-0.05, 0) is 38.5 Å². The molecule has 168 valence electrons. The van der Waals surface area contributed by atoms with Crippen molar-refractivity contribution in [3.8, 4) is 11.5 Å². The maximum Gasteiger partial charge on any atom is 0.433 e. The molecule has 0 atom stereocenters. The molecule has 0 unspecified atom stereocenters. The molecule has 0 fully saturated rings. The first kappa shape index (κ1) is 22.9. The molecule has 0 saturated heterocycles. The lowest BCUT2D eigenvalue weighted by molar-refractivity contribution is -0.141. The lowest BCUT2D eigenvalue weighted by atomic mass is 10.2. The van der Waals surface area contributed by atoms with Gasteiger partial charge in [-0.2, -0.15) is 28.1 Å². The van der Waals surface area contributed by atoms with Crippen molar-refractivity contribution >= 4 is 18.0 Å². The van der Waals surface area contributed by atoms with Crippen molar-refractivity contribution in [2.24, 2.45) is 0 Å². The van der Waals surface area contributed by atoms with Crippen LogP contribution in [-0.2, 0) is 17.5 Å². The summed E-state index contributed by atoms with van der Waals surface area (Å²) in [7, 11) is 0. The van der Waals surface area contributed by atoms with Crippen LogP contribution in [0.4, 0.5) is 29.9 Å².